The molecule has 4 aromatic rings. The Bertz CT molecular complexity index is 1740. The molecule has 10 nitrogen and oxygen atoms in total. The molecule has 13 heteroatoms. The van der Waals surface area contributed by atoms with Gasteiger partial charge in [-0.05, 0) is 60.0 Å². The smallest absolute Gasteiger partial charge is 0.301 e. The van der Waals surface area contributed by atoms with E-state index in [1.165, 1.54) is 44.1 Å². The van der Waals surface area contributed by atoms with E-state index in [2.05, 4.69) is 17.1 Å². The van der Waals surface area contributed by atoms with Gasteiger partial charge in [-0.15, -0.1) is 10.2 Å². The highest BCUT2D eigenvalue weighted by atomic mass is 32.2. The summed E-state index contributed by atoms with van der Waals surface area (Å²) >= 11 is 2.32. The molecular weight excluding hydrogens is 634 g/mol. The number of carbonyl (C=O) groups excluding carboxylic acids is 2. The topological polar surface area (TPSA) is 120 Å². The molecule has 1 fully saturated rings. The van der Waals surface area contributed by atoms with E-state index in [-0.39, 0.29) is 39.5 Å². The summed E-state index contributed by atoms with van der Waals surface area (Å²) in [5.74, 6) is -0.741. The van der Waals surface area contributed by atoms with Crippen LogP contribution in [0.5, 0.6) is 23.0 Å². The van der Waals surface area contributed by atoms with Crippen LogP contribution in [0.25, 0.3) is 5.76 Å². The molecule has 1 aliphatic heterocycles. The minimum Gasteiger partial charge on any atom is -0.507 e. The number of carbonyl (C=O) groups is 2. The maximum absolute atomic E-state index is 14.2. The van der Waals surface area contributed by atoms with Gasteiger partial charge >= 0.3 is 5.91 Å². The number of Topliss-reactive ketones (excluding diaryl/α,β-unsaturated/α-hetero) is 1. The van der Waals surface area contributed by atoms with Crippen LogP contribution < -0.4 is 23.8 Å². The van der Waals surface area contributed by atoms with Gasteiger partial charge in [0.1, 0.15) is 17.3 Å². The molecule has 1 amide bonds. The molecule has 240 valence electrons. The molecule has 0 aliphatic carbocycles. The van der Waals surface area contributed by atoms with Gasteiger partial charge in [-0.3, -0.25) is 14.5 Å². The van der Waals surface area contributed by atoms with E-state index in [4.69, 9.17) is 18.9 Å². The number of unbranched alkanes of at least 4 members (excludes halogenated alkanes) is 1. The summed E-state index contributed by atoms with van der Waals surface area (Å²) in [5, 5.41) is 20.1. The number of hydrogen-bond donors (Lipinski definition) is 1. The van der Waals surface area contributed by atoms with Gasteiger partial charge in [0.25, 0.3) is 5.78 Å². The summed E-state index contributed by atoms with van der Waals surface area (Å²) in [6.45, 7) is 2.62. The first-order valence-corrected chi connectivity index (χ1v) is 16.1. The van der Waals surface area contributed by atoms with Crippen LogP contribution in [0.1, 0.15) is 42.5 Å². The first-order chi connectivity index (χ1) is 22.3. The van der Waals surface area contributed by atoms with Gasteiger partial charge < -0.3 is 24.1 Å². The second-order valence-electron chi connectivity index (χ2n) is 10.1. The minimum atomic E-state index is -1.13. The van der Waals surface area contributed by atoms with Crippen molar-refractivity contribution in [2.24, 2.45) is 0 Å². The number of halogens is 1. The lowest BCUT2D eigenvalue weighted by molar-refractivity contribution is -0.132. The summed E-state index contributed by atoms with van der Waals surface area (Å²) in [6.07, 6.45) is 1.88. The van der Waals surface area contributed by atoms with Crippen LogP contribution >= 0.6 is 23.1 Å². The molecule has 46 heavy (non-hydrogen) atoms. The minimum absolute atomic E-state index is 0.121. The van der Waals surface area contributed by atoms with E-state index in [0.717, 1.165) is 24.2 Å². The quantitative estimate of drug-likeness (QED) is 0.0408. The highest BCUT2D eigenvalue weighted by molar-refractivity contribution is 8.00. The van der Waals surface area contributed by atoms with Crippen LogP contribution in [0, 0.1) is 5.82 Å². The van der Waals surface area contributed by atoms with Crippen molar-refractivity contribution >= 4 is 45.7 Å². The Morgan fingerprint density at radius 1 is 1.00 bits per heavy atom. The Hall–Kier alpha value is -4.62. The SMILES string of the molecule is CCCCOc1ccc(C(O)=C2C(=O)C(=O)N(c3nnc(SCc4ccccc4F)s3)[C@H]2c2cc(OC)c(OC)c(OC)c2)cc1. The molecule has 1 atom stereocenters. The second kappa shape index (κ2) is 14.6. The molecular formula is C33H32FN3O7S2. The predicted molar refractivity (Wildman–Crippen MR) is 174 cm³/mol. The normalized spacial score (nSPS) is 15.7. The molecule has 1 aliphatic rings. The number of amides is 1. The highest BCUT2D eigenvalue weighted by Gasteiger charge is 2.49. The van der Waals surface area contributed by atoms with Crippen LogP contribution in [0.4, 0.5) is 9.52 Å². The average Bonchev–Trinajstić information content (AvgIpc) is 3.65. The summed E-state index contributed by atoms with van der Waals surface area (Å²) in [7, 11) is 4.36. The Morgan fingerprint density at radius 3 is 2.33 bits per heavy atom. The lowest BCUT2D eigenvalue weighted by Gasteiger charge is -2.24. The van der Waals surface area contributed by atoms with E-state index >= 15 is 0 Å². The van der Waals surface area contributed by atoms with Gasteiger partial charge in [-0.25, -0.2) is 4.39 Å². The van der Waals surface area contributed by atoms with Gasteiger partial charge in [0, 0.05) is 11.3 Å². The van der Waals surface area contributed by atoms with Crippen molar-refractivity contribution in [1.82, 2.24) is 10.2 Å². The van der Waals surface area contributed by atoms with E-state index in [1.807, 2.05) is 0 Å². The molecule has 0 spiro atoms. The van der Waals surface area contributed by atoms with Crippen LogP contribution in [-0.2, 0) is 15.3 Å². The van der Waals surface area contributed by atoms with Crippen molar-refractivity contribution in [2.75, 3.05) is 32.8 Å². The van der Waals surface area contributed by atoms with E-state index < -0.39 is 17.7 Å². The molecule has 0 saturated carbocycles. The van der Waals surface area contributed by atoms with Gasteiger partial charge in [-0.2, -0.15) is 0 Å². The average molecular weight is 666 g/mol. The maximum Gasteiger partial charge on any atom is 0.301 e. The number of hydrogen-bond acceptors (Lipinski definition) is 11. The van der Waals surface area contributed by atoms with Crippen molar-refractivity contribution in [3.05, 3.63) is 88.7 Å². The van der Waals surface area contributed by atoms with Crippen molar-refractivity contribution in [1.29, 1.82) is 0 Å². The summed E-state index contributed by atoms with van der Waals surface area (Å²) in [6, 6.07) is 15.1. The van der Waals surface area contributed by atoms with E-state index in [9.17, 15) is 19.1 Å². The summed E-state index contributed by atoms with van der Waals surface area (Å²) in [4.78, 5) is 28.6. The van der Waals surface area contributed by atoms with Crippen molar-refractivity contribution < 1.29 is 38.0 Å². The third-order valence-corrected chi connectivity index (χ3v) is 9.36. The number of rotatable bonds is 13. The van der Waals surface area contributed by atoms with Gasteiger partial charge in [0.15, 0.2) is 15.8 Å². The molecule has 0 unspecified atom stereocenters. The number of ketones is 1. The number of methoxy groups -OCH3 is 3. The fourth-order valence-corrected chi connectivity index (χ4v) is 6.77. The first kappa shape index (κ1) is 32.8. The van der Waals surface area contributed by atoms with Crippen LogP contribution in [0.2, 0.25) is 0 Å². The van der Waals surface area contributed by atoms with Crippen LogP contribution in [0.3, 0.4) is 0 Å². The lowest BCUT2D eigenvalue weighted by atomic mass is 9.94. The van der Waals surface area contributed by atoms with Gasteiger partial charge in [0.2, 0.25) is 10.9 Å². The number of thioether (sulfide) groups is 1. The van der Waals surface area contributed by atoms with Crippen molar-refractivity contribution in [3.63, 3.8) is 0 Å². The van der Waals surface area contributed by atoms with E-state index in [0.29, 0.717) is 39.1 Å². The summed E-state index contributed by atoms with van der Waals surface area (Å²) < 4.78 is 37.0. The van der Waals surface area contributed by atoms with E-state index in [1.54, 1.807) is 54.6 Å². The molecule has 1 aromatic heterocycles. The largest absolute Gasteiger partial charge is 0.507 e. The predicted octanol–water partition coefficient (Wildman–Crippen LogP) is 6.80. The standard InChI is InChI=1S/C33H32FN3O7S2/c1-5-6-15-44-22-13-11-19(12-14-22)28(38)26-27(21-16-24(41-2)30(43-4)25(17-21)42-3)37(31(40)29(26)39)32-35-36-33(46-32)45-18-20-9-7-8-10-23(20)34/h7-14,16-17,27,38H,5-6,15,18H2,1-4H3/t27-/m0/s1. The van der Waals surface area contributed by atoms with Crippen molar-refractivity contribution in [3.8, 4) is 23.0 Å². The fraction of sp³-hybridized carbons (Fsp3) is 0.273. The molecule has 3 aromatic carbocycles. The Balaban J connectivity index is 1.58. The second-order valence-corrected chi connectivity index (χ2v) is 12.3. The number of aliphatic hydroxyl groups is 1. The zero-order chi connectivity index (χ0) is 32.8. The number of aliphatic hydroxyl groups excluding tert-OH is 1. The number of anilines is 1. The highest BCUT2D eigenvalue weighted by Crippen LogP contribution is 2.48. The Kier molecular flexibility index (Phi) is 10.4. The third kappa shape index (κ3) is 6.65. The third-order valence-electron chi connectivity index (χ3n) is 7.25. The van der Waals surface area contributed by atoms with Crippen LogP contribution in [0.15, 0.2) is 70.6 Å². The molecule has 2 heterocycles. The molecule has 1 N–H and O–H groups in total. The Labute approximate surface area is 273 Å². The fourth-order valence-electron chi connectivity index (χ4n) is 4.92. The van der Waals surface area contributed by atoms with Crippen molar-refractivity contribution in [2.45, 2.75) is 35.9 Å². The maximum atomic E-state index is 14.2. The number of benzene rings is 3. The van der Waals surface area contributed by atoms with Gasteiger partial charge in [0.05, 0.1) is 39.6 Å². The monoisotopic (exact) mass is 665 g/mol. The molecule has 1 saturated heterocycles. The molecule has 5 rings (SSSR count). The number of ether oxygens (including phenoxy) is 4. The number of aromatic nitrogens is 2. The first-order valence-electron chi connectivity index (χ1n) is 14.3. The lowest BCUT2D eigenvalue weighted by Crippen LogP contribution is -2.29. The van der Waals surface area contributed by atoms with Crippen LogP contribution in [-0.4, -0.2) is 54.9 Å². The summed E-state index contributed by atoms with van der Waals surface area (Å²) in [5.41, 5.74) is 1.04. The zero-order valence-electron chi connectivity index (χ0n) is 25.6. The molecule has 0 bridgehead atoms. The Morgan fingerprint density at radius 2 is 1.70 bits per heavy atom. The number of nitrogens with zero attached hydrogens (tertiary/aromatic N) is 3. The van der Waals surface area contributed by atoms with Gasteiger partial charge in [-0.1, -0.05) is 54.6 Å². The zero-order valence-corrected chi connectivity index (χ0v) is 27.2. The molecule has 0 radical (unpaired) electrons.